The van der Waals surface area contributed by atoms with Crippen molar-refractivity contribution < 1.29 is 24.3 Å². The van der Waals surface area contributed by atoms with Gasteiger partial charge in [0.1, 0.15) is 12.3 Å². The molecule has 2 unspecified atom stereocenters. The maximum absolute atomic E-state index is 11.8. The van der Waals surface area contributed by atoms with Crippen LogP contribution >= 0.6 is 0 Å². The van der Waals surface area contributed by atoms with E-state index in [4.69, 9.17) is 0 Å². The standard InChI is InChI=1S/C11H17N3O5/c1-3-13-4-5-14(10(18)9(13)17)11(19)12-8(6-15)7(2)16/h6-8,16H,3-5H2,1-2H3,(H,12,19). The summed E-state index contributed by atoms with van der Waals surface area (Å²) in [5.74, 6) is -1.68. The van der Waals surface area contributed by atoms with Crippen molar-refractivity contribution in [3.63, 3.8) is 0 Å². The number of likely N-dealkylation sites (N-methyl/N-ethyl adjacent to an activating group) is 1. The SMILES string of the molecule is CCN1CCN(C(=O)NC(C=O)C(C)O)C(=O)C1=O. The van der Waals surface area contributed by atoms with E-state index in [2.05, 4.69) is 5.32 Å². The number of piperazine rings is 1. The van der Waals surface area contributed by atoms with Gasteiger partial charge in [-0.3, -0.25) is 14.5 Å². The highest BCUT2D eigenvalue weighted by atomic mass is 16.3. The van der Waals surface area contributed by atoms with Crippen LogP contribution in [0.5, 0.6) is 0 Å². The largest absolute Gasteiger partial charge is 0.391 e. The van der Waals surface area contributed by atoms with Gasteiger partial charge in [0.15, 0.2) is 0 Å². The van der Waals surface area contributed by atoms with Gasteiger partial charge in [-0.25, -0.2) is 4.79 Å². The molecular weight excluding hydrogens is 254 g/mol. The molecule has 106 valence electrons. The zero-order valence-electron chi connectivity index (χ0n) is 10.8. The quantitative estimate of drug-likeness (QED) is 0.470. The Balaban J connectivity index is 2.71. The summed E-state index contributed by atoms with van der Waals surface area (Å²) in [5, 5.41) is 11.4. The second kappa shape index (κ2) is 6.28. The van der Waals surface area contributed by atoms with Gasteiger partial charge in [-0.1, -0.05) is 0 Å². The minimum Gasteiger partial charge on any atom is -0.391 e. The van der Waals surface area contributed by atoms with E-state index in [-0.39, 0.29) is 13.1 Å². The monoisotopic (exact) mass is 271 g/mol. The molecule has 0 spiro atoms. The Morgan fingerprint density at radius 1 is 1.42 bits per heavy atom. The fourth-order valence-corrected chi connectivity index (χ4v) is 1.66. The van der Waals surface area contributed by atoms with Gasteiger partial charge in [0.05, 0.1) is 6.10 Å². The fourth-order valence-electron chi connectivity index (χ4n) is 1.66. The molecule has 0 aliphatic carbocycles. The predicted molar refractivity (Wildman–Crippen MR) is 64.0 cm³/mol. The minimum absolute atomic E-state index is 0.0651. The van der Waals surface area contributed by atoms with Crippen LogP contribution in [0, 0.1) is 0 Å². The minimum atomic E-state index is -1.11. The Hall–Kier alpha value is -1.96. The van der Waals surface area contributed by atoms with E-state index < -0.39 is 30.0 Å². The lowest BCUT2D eigenvalue weighted by molar-refractivity contribution is -0.153. The molecule has 4 amide bonds. The Labute approximate surface area is 110 Å². The zero-order chi connectivity index (χ0) is 14.6. The van der Waals surface area contributed by atoms with Gasteiger partial charge in [0, 0.05) is 19.6 Å². The predicted octanol–water partition coefficient (Wildman–Crippen LogP) is -1.66. The van der Waals surface area contributed by atoms with E-state index >= 15 is 0 Å². The van der Waals surface area contributed by atoms with Crippen LogP contribution in [0.25, 0.3) is 0 Å². The van der Waals surface area contributed by atoms with E-state index in [1.54, 1.807) is 6.92 Å². The summed E-state index contributed by atoms with van der Waals surface area (Å²) in [6.07, 6.45) is -0.707. The molecule has 1 heterocycles. The second-order valence-corrected chi connectivity index (χ2v) is 4.19. The molecule has 1 fully saturated rings. The molecule has 19 heavy (non-hydrogen) atoms. The lowest BCUT2D eigenvalue weighted by atomic mass is 10.2. The second-order valence-electron chi connectivity index (χ2n) is 4.19. The molecule has 2 atom stereocenters. The molecule has 0 bridgehead atoms. The summed E-state index contributed by atoms with van der Waals surface area (Å²) in [6, 6.07) is -1.97. The Kier molecular flexibility index (Phi) is 4.99. The molecule has 0 saturated carbocycles. The highest BCUT2D eigenvalue weighted by Crippen LogP contribution is 2.05. The number of nitrogens with one attached hydrogen (secondary N) is 1. The topological polar surface area (TPSA) is 107 Å². The van der Waals surface area contributed by atoms with Gasteiger partial charge in [-0.2, -0.15) is 0 Å². The number of imide groups is 1. The highest BCUT2D eigenvalue weighted by molar-refractivity contribution is 6.38. The number of carbonyl (C=O) groups is 4. The van der Waals surface area contributed by atoms with Crippen molar-refractivity contribution in [2.75, 3.05) is 19.6 Å². The molecule has 1 saturated heterocycles. The maximum atomic E-state index is 11.8. The first-order valence-corrected chi connectivity index (χ1v) is 5.97. The highest BCUT2D eigenvalue weighted by Gasteiger charge is 2.36. The number of carbonyl (C=O) groups excluding carboxylic acids is 4. The molecule has 1 aliphatic rings. The zero-order valence-corrected chi connectivity index (χ0v) is 10.8. The summed E-state index contributed by atoms with van der Waals surface area (Å²) in [5.41, 5.74) is 0. The van der Waals surface area contributed by atoms with Crippen LogP contribution < -0.4 is 5.32 Å². The average molecular weight is 271 g/mol. The number of rotatable bonds is 4. The smallest absolute Gasteiger partial charge is 0.325 e. The lowest BCUT2D eigenvalue weighted by Crippen LogP contribution is -2.60. The van der Waals surface area contributed by atoms with Gasteiger partial charge < -0.3 is 20.1 Å². The third-order valence-electron chi connectivity index (χ3n) is 2.89. The van der Waals surface area contributed by atoms with Gasteiger partial charge in [0.2, 0.25) is 0 Å². The van der Waals surface area contributed by atoms with Crippen molar-refractivity contribution in [3.05, 3.63) is 0 Å². The van der Waals surface area contributed by atoms with Crippen LogP contribution in [-0.4, -0.2) is 70.8 Å². The molecule has 0 aromatic rings. The number of aliphatic hydroxyl groups is 1. The molecule has 8 heteroatoms. The Bertz CT molecular complexity index is 396. The first kappa shape index (κ1) is 15.1. The van der Waals surface area contributed by atoms with Crippen LogP contribution in [0.2, 0.25) is 0 Å². The van der Waals surface area contributed by atoms with Gasteiger partial charge in [0.25, 0.3) is 0 Å². The van der Waals surface area contributed by atoms with Crippen molar-refractivity contribution in [2.45, 2.75) is 26.0 Å². The van der Waals surface area contributed by atoms with Crippen molar-refractivity contribution in [3.8, 4) is 0 Å². The number of nitrogens with zero attached hydrogens (tertiary/aromatic N) is 2. The van der Waals surface area contributed by atoms with Crippen LogP contribution in [0.4, 0.5) is 4.79 Å². The number of urea groups is 1. The van der Waals surface area contributed by atoms with Crippen LogP contribution in [0.3, 0.4) is 0 Å². The van der Waals surface area contributed by atoms with Gasteiger partial charge in [-0.15, -0.1) is 0 Å². The summed E-state index contributed by atoms with van der Waals surface area (Å²) >= 11 is 0. The number of hydrogen-bond acceptors (Lipinski definition) is 5. The van der Waals surface area contributed by atoms with Gasteiger partial charge in [-0.05, 0) is 13.8 Å². The number of aliphatic hydroxyl groups excluding tert-OH is 1. The van der Waals surface area contributed by atoms with Crippen molar-refractivity contribution in [2.24, 2.45) is 0 Å². The van der Waals surface area contributed by atoms with Crippen molar-refractivity contribution in [1.82, 2.24) is 15.1 Å². The van der Waals surface area contributed by atoms with E-state index in [9.17, 15) is 24.3 Å². The summed E-state index contributed by atoms with van der Waals surface area (Å²) < 4.78 is 0. The van der Waals surface area contributed by atoms with Gasteiger partial charge >= 0.3 is 17.8 Å². The first-order valence-electron chi connectivity index (χ1n) is 5.97. The van der Waals surface area contributed by atoms with E-state index in [1.807, 2.05) is 0 Å². The third-order valence-corrected chi connectivity index (χ3v) is 2.89. The molecule has 0 aromatic carbocycles. The number of amides is 4. The van der Waals surface area contributed by atoms with Crippen molar-refractivity contribution in [1.29, 1.82) is 0 Å². The number of hydrogen-bond donors (Lipinski definition) is 2. The van der Waals surface area contributed by atoms with E-state index in [0.29, 0.717) is 12.8 Å². The van der Waals surface area contributed by atoms with Crippen LogP contribution in [0.1, 0.15) is 13.8 Å². The summed E-state index contributed by atoms with van der Waals surface area (Å²) in [4.78, 5) is 47.8. The lowest BCUT2D eigenvalue weighted by Gasteiger charge is -2.32. The fraction of sp³-hybridized carbons (Fsp3) is 0.636. The molecule has 1 aliphatic heterocycles. The molecule has 2 N–H and O–H groups in total. The normalized spacial score (nSPS) is 19.1. The Morgan fingerprint density at radius 3 is 2.53 bits per heavy atom. The molecule has 1 rings (SSSR count). The molecule has 8 nitrogen and oxygen atoms in total. The van der Waals surface area contributed by atoms with E-state index in [0.717, 1.165) is 4.90 Å². The van der Waals surface area contributed by atoms with E-state index in [1.165, 1.54) is 11.8 Å². The Morgan fingerprint density at radius 2 is 2.05 bits per heavy atom. The van der Waals surface area contributed by atoms with Crippen molar-refractivity contribution >= 4 is 24.1 Å². The van der Waals surface area contributed by atoms with Crippen LogP contribution in [-0.2, 0) is 14.4 Å². The average Bonchev–Trinajstić information content (AvgIpc) is 2.38. The maximum Gasteiger partial charge on any atom is 0.325 e. The first-order chi connectivity index (χ1) is 8.92. The third kappa shape index (κ3) is 3.28. The molecule has 0 radical (unpaired) electrons. The molecule has 0 aromatic heterocycles. The summed E-state index contributed by atoms with van der Waals surface area (Å²) in [6.45, 7) is 3.79. The summed E-state index contributed by atoms with van der Waals surface area (Å²) in [7, 11) is 0. The van der Waals surface area contributed by atoms with Crippen LogP contribution in [0.15, 0.2) is 0 Å². The molecular formula is C11H17N3O5. The number of aldehydes is 1.